The van der Waals surface area contributed by atoms with Gasteiger partial charge in [0.15, 0.2) is 5.75 Å². The number of halogens is 4. The van der Waals surface area contributed by atoms with E-state index in [2.05, 4.69) is 14.4 Å². The maximum absolute atomic E-state index is 12.3. The predicted octanol–water partition coefficient (Wildman–Crippen LogP) is 2.94. The SMILES string of the molecule is O=S(=O)(Oc1nncc(OCc2ccccc2)c1Cl)C(F)(F)F. The van der Waals surface area contributed by atoms with Crippen LogP contribution in [0.5, 0.6) is 11.6 Å². The molecule has 0 fully saturated rings. The molecule has 0 amide bonds. The minimum Gasteiger partial charge on any atom is -0.485 e. The third kappa shape index (κ3) is 4.23. The molecule has 23 heavy (non-hydrogen) atoms. The Morgan fingerprint density at radius 2 is 1.83 bits per heavy atom. The Labute approximate surface area is 133 Å². The van der Waals surface area contributed by atoms with E-state index in [1.165, 1.54) is 0 Å². The third-order valence-corrected chi connectivity index (χ3v) is 3.73. The highest BCUT2D eigenvalue weighted by molar-refractivity contribution is 7.88. The maximum Gasteiger partial charge on any atom is 0.534 e. The number of aromatic nitrogens is 2. The summed E-state index contributed by atoms with van der Waals surface area (Å²) in [5.41, 5.74) is -4.86. The smallest absolute Gasteiger partial charge is 0.485 e. The Bertz CT molecular complexity index is 785. The molecule has 0 aliphatic carbocycles. The highest BCUT2D eigenvalue weighted by atomic mass is 35.5. The molecule has 0 N–H and O–H groups in total. The Kier molecular flexibility index (Phi) is 4.95. The van der Waals surface area contributed by atoms with E-state index < -0.39 is 26.5 Å². The summed E-state index contributed by atoms with van der Waals surface area (Å²) >= 11 is 5.75. The highest BCUT2D eigenvalue weighted by Crippen LogP contribution is 2.34. The van der Waals surface area contributed by atoms with Crippen LogP contribution in [-0.2, 0) is 16.7 Å². The Morgan fingerprint density at radius 1 is 1.17 bits per heavy atom. The molecule has 11 heteroatoms. The fourth-order valence-corrected chi connectivity index (χ4v) is 2.02. The molecule has 1 aromatic carbocycles. The molecule has 0 atom stereocenters. The number of benzene rings is 1. The summed E-state index contributed by atoms with van der Waals surface area (Å²) in [7, 11) is -5.90. The number of hydrogen-bond acceptors (Lipinski definition) is 6. The first-order chi connectivity index (χ1) is 10.7. The average Bonchev–Trinajstić information content (AvgIpc) is 2.48. The molecule has 1 heterocycles. The van der Waals surface area contributed by atoms with Crippen LogP contribution in [0.15, 0.2) is 36.5 Å². The Morgan fingerprint density at radius 3 is 2.43 bits per heavy atom. The van der Waals surface area contributed by atoms with E-state index in [0.717, 1.165) is 11.8 Å². The van der Waals surface area contributed by atoms with Gasteiger partial charge < -0.3 is 8.92 Å². The average molecular weight is 369 g/mol. The van der Waals surface area contributed by atoms with Gasteiger partial charge in [0.2, 0.25) is 0 Å². The minimum absolute atomic E-state index is 0.0394. The summed E-state index contributed by atoms with van der Waals surface area (Å²) in [6, 6.07) is 8.80. The van der Waals surface area contributed by atoms with Gasteiger partial charge in [0.05, 0.1) is 6.20 Å². The van der Waals surface area contributed by atoms with Crippen molar-refractivity contribution in [2.24, 2.45) is 0 Å². The summed E-state index contributed by atoms with van der Waals surface area (Å²) in [5, 5.41) is 5.90. The van der Waals surface area contributed by atoms with E-state index in [9.17, 15) is 21.6 Å². The molecule has 0 aliphatic heterocycles. The standard InChI is InChI=1S/C12H8ClF3N2O4S/c13-10-9(21-7-8-4-2-1-3-5-8)6-17-18-11(10)22-23(19,20)12(14,15)16/h1-6H,7H2. The molecule has 0 saturated heterocycles. The van der Waals surface area contributed by atoms with Crippen LogP contribution < -0.4 is 8.92 Å². The van der Waals surface area contributed by atoms with E-state index >= 15 is 0 Å². The van der Waals surface area contributed by atoms with Gasteiger partial charge in [-0.2, -0.15) is 26.7 Å². The lowest BCUT2D eigenvalue weighted by Crippen LogP contribution is -2.28. The van der Waals surface area contributed by atoms with Gasteiger partial charge in [-0.3, -0.25) is 0 Å². The second-order valence-corrected chi connectivity index (χ2v) is 6.00. The molecular formula is C12H8ClF3N2O4S. The zero-order valence-electron chi connectivity index (χ0n) is 11.1. The molecule has 0 saturated carbocycles. The number of rotatable bonds is 5. The van der Waals surface area contributed by atoms with Crippen LogP contribution in [0.3, 0.4) is 0 Å². The largest absolute Gasteiger partial charge is 0.534 e. The Balaban J connectivity index is 2.19. The van der Waals surface area contributed by atoms with Crippen molar-refractivity contribution < 1.29 is 30.5 Å². The first-order valence-electron chi connectivity index (χ1n) is 5.89. The van der Waals surface area contributed by atoms with Gasteiger partial charge >= 0.3 is 15.6 Å². The Hall–Kier alpha value is -2.07. The number of alkyl halides is 3. The molecule has 2 aromatic rings. The predicted molar refractivity (Wildman–Crippen MR) is 73.4 cm³/mol. The van der Waals surface area contributed by atoms with Gasteiger partial charge in [-0.25, -0.2) is 0 Å². The zero-order valence-corrected chi connectivity index (χ0v) is 12.7. The topological polar surface area (TPSA) is 78.4 Å². The van der Waals surface area contributed by atoms with Gasteiger partial charge in [-0.1, -0.05) is 41.9 Å². The summed E-state index contributed by atoms with van der Waals surface area (Å²) in [6.07, 6.45) is 1.03. The molecular weight excluding hydrogens is 361 g/mol. The van der Waals surface area contributed by atoms with Gasteiger partial charge in [0.1, 0.15) is 11.6 Å². The lowest BCUT2D eigenvalue weighted by atomic mass is 10.2. The van der Waals surface area contributed by atoms with Crippen LogP contribution in [0.1, 0.15) is 5.56 Å². The van der Waals surface area contributed by atoms with Crippen LogP contribution in [0.4, 0.5) is 13.2 Å². The third-order valence-electron chi connectivity index (χ3n) is 2.44. The van der Waals surface area contributed by atoms with Crippen LogP contribution in [0.2, 0.25) is 5.02 Å². The number of nitrogens with zero attached hydrogens (tertiary/aromatic N) is 2. The molecule has 0 radical (unpaired) electrons. The van der Waals surface area contributed by atoms with Crippen molar-refractivity contribution in [1.29, 1.82) is 0 Å². The second kappa shape index (κ2) is 6.59. The minimum atomic E-state index is -5.90. The van der Waals surface area contributed by atoms with Gasteiger partial charge in [-0.05, 0) is 5.56 Å². The highest BCUT2D eigenvalue weighted by Gasteiger charge is 2.49. The van der Waals surface area contributed by atoms with E-state index in [1.54, 1.807) is 30.3 Å². The van der Waals surface area contributed by atoms with E-state index in [0.29, 0.717) is 0 Å². The van der Waals surface area contributed by atoms with Crippen LogP contribution in [0.25, 0.3) is 0 Å². The quantitative estimate of drug-likeness (QED) is 0.596. The van der Waals surface area contributed by atoms with Crippen molar-refractivity contribution in [3.63, 3.8) is 0 Å². The molecule has 2 rings (SSSR count). The molecule has 1 aromatic heterocycles. The first kappa shape index (κ1) is 17.3. The van der Waals surface area contributed by atoms with Crippen molar-refractivity contribution in [2.45, 2.75) is 12.1 Å². The summed E-state index contributed by atoms with van der Waals surface area (Å²) < 4.78 is 67.9. The molecule has 0 aliphatic rings. The molecule has 0 bridgehead atoms. The normalized spacial score (nSPS) is 12.0. The molecule has 124 valence electrons. The van der Waals surface area contributed by atoms with E-state index in [-0.39, 0.29) is 12.4 Å². The van der Waals surface area contributed by atoms with Crippen molar-refractivity contribution >= 4 is 21.7 Å². The van der Waals surface area contributed by atoms with Gasteiger partial charge in [0, 0.05) is 0 Å². The monoisotopic (exact) mass is 368 g/mol. The van der Waals surface area contributed by atoms with Gasteiger partial charge in [-0.15, -0.1) is 5.10 Å². The molecule has 0 spiro atoms. The second-order valence-electron chi connectivity index (χ2n) is 4.09. The van der Waals surface area contributed by atoms with Crippen molar-refractivity contribution in [3.8, 4) is 11.6 Å². The van der Waals surface area contributed by atoms with Crippen molar-refractivity contribution in [3.05, 3.63) is 47.1 Å². The summed E-state index contributed by atoms with van der Waals surface area (Å²) in [5.74, 6) is -1.19. The zero-order chi connectivity index (χ0) is 17.1. The summed E-state index contributed by atoms with van der Waals surface area (Å²) in [6.45, 7) is 0.0394. The molecule has 6 nitrogen and oxygen atoms in total. The number of hydrogen-bond donors (Lipinski definition) is 0. The van der Waals surface area contributed by atoms with E-state index in [4.69, 9.17) is 16.3 Å². The van der Waals surface area contributed by atoms with Crippen molar-refractivity contribution in [1.82, 2.24) is 10.2 Å². The van der Waals surface area contributed by atoms with Crippen LogP contribution >= 0.6 is 11.6 Å². The van der Waals surface area contributed by atoms with Crippen molar-refractivity contribution in [2.75, 3.05) is 0 Å². The lowest BCUT2D eigenvalue weighted by molar-refractivity contribution is -0.0501. The van der Waals surface area contributed by atoms with Crippen LogP contribution in [-0.4, -0.2) is 24.1 Å². The molecule has 0 unspecified atom stereocenters. The first-order valence-corrected chi connectivity index (χ1v) is 7.68. The lowest BCUT2D eigenvalue weighted by Gasteiger charge is -2.11. The van der Waals surface area contributed by atoms with Crippen LogP contribution in [0, 0.1) is 0 Å². The fourth-order valence-electron chi connectivity index (χ4n) is 1.38. The van der Waals surface area contributed by atoms with Gasteiger partial charge in [0.25, 0.3) is 5.88 Å². The summed E-state index contributed by atoms with van der Waals surface area (Å²) in [4.78, 5) is 0. The number of ether oxygens (including phenoxy) is 1. The van der Waals surface area contributed by atoms with E-state index in [1.807, 2.05) is 0 Å². The fraction of sp³-hybridized carbons (Fsp3) is 0.167. The maximum atomic E-state index is 12.3.